The number of carbonyl (C=O) groups is 2. The van der Waals surface area contributed by atoms with Gasteiger partial charge in [0.25, 0.3) is 5.24 Å². The van der Waals surface area contributed by atoms with Crippen LogP contribution in [0, 0.1) is 0 Å². The average Bonchev–Trinajstić information content (AvgIpc) is 2.19. The Hall–Kier alpha value is -1.49. The first-order valence-electron chi connectivity index (χ1n) is 3.93. The number of para-hydroxylation sites is 1. The van der Waals surface area contributed by atoms with Gasteiger partial charge in [0, 0.05) is 5.69 Å². The van der Waals surface area contributed by atoms with E-state index in [-0.39, 0.29) is 5.24 Å². The van der Waals surface area contributed by atoms with Crippen LogP contribution in [0.4, 0.5) is 15.3 Å². The largest absolute Gasteiger partial charge is 0.326 e. The van der Waals surface area contributed by atoms with Crippen LogP contribution in [0.15, 0.2) is 30.3 Å². The monoisotopic (exact) mass is 210 g/mol. The third-order valence-corrected chi connectivity index (χ3v) is 1.91. The molecular formula is C9H10N2O2S. The molecule has 1 rings (SSSR count). The Labute approximate surface area is 86.1 Å². The minimum Gasteiger partial charge on any atom is -0.308 e. The van der Waals surface area contributed by atoms with Crippen molar-refractivity contribution < 1.29 is 9.59 Å². The number of hydrogen-bond donors (Lipinski definition) is 2. The summed E-state index contributed by atoms with van der Waals surface area (Å²) in [5.74, 6) is 0. The molecule has 1 aromatic rings. The smallest absolute Gasteiger partial charge is 0.308 e. The molecule has 3 amide bonds. The zero-order chi connectivity index (χ0) is 10.4. The maximum Gasteiger partial charge on any atom is 0.326 e. The summed E-state index contributed by atoms with van der Waals surface area (Å²) in [6.07, 6.45) is 1.60. The highest BCUT2D eigenvalue weighted by Gasteiger charge is 2.04. The van der Waals surface area contributed by atoms with Crippen molar-refractivity contribution in [3.8, 4) is 0 Å². The number of anilines is 1. The van der Waals surface area contributed by atoms with Gasteiger partial charge in [-0.25, -0.2) is 4.79 Å². The Kier molecular flexibility index (Phi) is 4.00. The van der Waals surface area contributed by atoms with Crippen LogP contribution in [-0.4, -0.2) is 17.5 Å². The van der Waals surface area contributed by atoms with Gasteiger partial charge in [0.05, 0.1) is 0 Å². The second-order valence-corrected chi connectivity index (χ2v) is 3.22. The molecule has 0 saturated heterocycles. The van der Waals surface area contributed by atoms with Crippen molar-refractivity contribution in [2.45, 2.75) is 0 Å². The van der Waals surface area contributed by atoms with Gasteiger partial charge in [-0.1, -0.05) is 30.0 Å². The maximum atomic E-state index is 11.1. The Balaban J connectivity index is 2.46. The number of nitrogens with one attached hydrogen (secondary N) is 2. The molecule has 1 aromatic carbocycles. The highest BCUT2D eigenvalue weighted by Crippen LogP contribution is 2.04. The summed E-state index contributed by atoms with van der Waals surface area (Å²) in [4.78, 5) is 21.9. The van der Waals surface area contributed by atoms with E-state index in [2.05, 4.69) is 10.6 Å². The number of carbonyl (C=O) groups excluding carboxylic acids is 2. The van der Waals surface area contributed by atoms with Gasteiger partial charge < -0.3 is 5.32 Å². The highest BCUT2D eigenvalue weighted by atomic mass is 32.2. The highest BCUT2D eigenvalue weighted by molar-refractivity contribution is 8.13. The molecule has 0 saturated carbocycles. The van der Waals surface area contributed by atoms with E-state index in [1.807, 2.05) is 6.07 Å². The number of benzene rings is 1. The molecule has 0 atom stereocenters. The molecule has 74 valence electrons. The minimum atomic E-state index is -0.518. The molecule has 0 fully saturated rings. The fraction of sp³-hybridized carbons (Fsp3) is 0.111. The van der Waals surface area contributed by atoms with E-state index in [9.17, 15) is 9.59 Å². The van der Waals surface area contributed by atoms with Crippen LogP contribution in [0.2, 0.25) is 0 Å². The molecule has 0 heterocycles. The topological polar surface area (TPSA) is 58.2 Å². The van der Waals surface area contributed by atoms with Crippen molar-refractivity contribution in [1.82, 2.24) is 5.32 Å². The van der Waals surface area contributed by atoms with Crippen LogP contribution in [0.1, 0.15) is 0 Å². The van der Waals surface area contributed by atoms with Crippen LogP contribution in [0.5, 0.6) is 0 Å². The molecule has 14 heavy (non-hydrogen) atoms. The molecule has 0 aliphatic heterocycles. The third-order valence-electron chi connectivity index (χ3n) is 1.43. The van der Waals surface area contributed by atoms with Gasteiger partial charge in [-0.05, 0) is 18.4 Å². The first kappa shape index (κ1) is 10.6. The molecule has 4 nitrogen and oxygen atoms in total. The lowest BCUT2D eigenvalue weighted by Crippen LogP contribution is -2.31. The summed E-state index contributed by atoms with van der Waals surface area (Å²) in [7, 11) is 0. The normalized spacial score (nSPS) is 9.21. The van der Waals surface area contributed by atoms with Crippen LogP contribution < -0.4 is 10.6 Å². The molecular weight excluding hydrogens is 200 g/mol. The van der Waals surface area contributed by atoms with Crippen LogP contribution >= 0.6 is 11.8 Å². The predicted octanol–water partition coefficient (Wildman–Crippen LogP) is 2.29. The molecule has 0 bridgehead atoms. The minimum absolute atomic E-state index is 0.376. The zero-order valence-electron chi connectivity index (χ0n) is 7.61. The van der Waals surface area contributed by atoms with E-state index in [1.165, 1.54) is 0 Å². The van der Waals surface area contributed by atoms with Crippen molar-refractivity contribution in [1.29, 1.82) is 0 Å². The predicted molar refractivity (Wildman–Crippen MR) is 57.5 cm³/mol. The third kappa shape index (κ3) is 3.49. The molecule has 0 radical (unpaired) electrons. The molecule has 0 aromatic heterocycles. The standard InChI is InChI=1S/C9H10N2O2S/c1-14-9(13)11-8(12)10-7-5-3-2-4-6-7/h2-6H,1H3,(H2,10,11,12,13). The Morgan fingerprint density at radius 1 is 1.21 bits per heavy atom. The van der Waals surface area contributed by atoms with Gasteiger partial charge in [0.15, 0.2) is 0 Å². The second kappa shape index (κ2) is 5.29. The Morgan fingerprint density at radius 3 is 2.43 bits per heavy atom. The van der Waals surface area contributed by atoms with Crippen LogP contribution in [-0.2, 0) is 0 Å². The lowest BCUT2D eigenvalue weighted by molar-refractivity contribution is 0.245. The van der Waals surface area contributed by atoms with Crippen molar-refractivity contribution in [2.24, 2.45) is 0 Å². The first-order chi connectivity index (χ1) is 6.72. The Bertz CT molecular complexity index is 327. The number of rotatable bonds is 1. The molecule has 5 heteroatoms. The molecule has 0 aliphatic rings. The number of amides is 3. The molecule has 2 N–H and O–H groups in total. The second-order valence-electron chi connectivity index (χ2n) is 2.44. The van der Waals surface area contributed by atoms with Gasteiger partial charge in [-0.15, -0.1) is 0 Å². The fourth-order valence-electron chi connectivity index (χ4n) is 0.828. The van der Waals surface area contributed by atoms with Gasteiger partial charge in [0.2, 0.25) is 0 Å². The summed E-state index contributed by atoms with van der Waals surface area (Å²) in [5, 5.41) is 4.30. The lowest BCUT2D eigenvalue weighted by atomic mass is 10.3. The van der Waals surface area contributed by atoms with E-state index in [4.69, 9.17) is 0 Å². The van der Waals surface area contributed by atoms with E-state index in [0.29, 0.717) is 5.69 Å². The van der Waals surface area contributed by atoms with Gasteiger partial charge in [-0.2, -0.15) is 0 Å². The van der Waals surface area contributed by atoms with Gasteiger partial charge in [-0.3, -0.25) is 10.1 Å². The van der Waals surface area contributed by atoms with Crippen molar-refractivity contribution in [3.05, 3.63) is 30.3 Å². The van der Waals surface area contributed by atoms with E-state index < -0.39 is 6.03 Å². The summed E-state index contributed by atoms with van der Waals surface area (Å²) >= 11 is 0.953. The summed E-state index contributed by atoms with van der Waals surface area (Å²) in [6.45, 7) is 0. The van der Waals surface area contributed by atoms with E-state index in [0.717, 1.165) is 11.8 Å². The zero-order valence-corrected chi connectivity index (χ0v) is 8.43. The quantitative estimate of drug-likeness (QED) is 0.747. The molecule has 0 aliphatic carbocycles. The van der Waals surface area contributed by atoms with Gasteiger partial charge in [0.1, 0.15) is 0 Å². The average molecular weight is 210 g/mol. The van der Waals surface area contributed by atoms with E-state index >= 15 is 0 Å². The number of thioether (sulfide) groups is 1. The maximum absolute atomic E-state index is 11.1. The summed E-state index contributed by atoms with van der Waals surface area (Å²) in [5.41, 5.74) is 0.652. The van der Waals surface area contributed by atoms with Crippen LogP contribution in [0.25, 0.3) is 0 Å². The van der Waals surface area contributed by atoms with Crippen molar-refractivity contribution in [2.75, 3.05) is 11.6 Å². The SMILES string of the molecule is CSC(=O)NC(=O)Nc1ccccc1. The van der Waals surface area contributed by atoms with Crippen molar-refractivity contribution >= 4 is 28.7 Å². The van der Waals surface area contributed by atoms with E-state index in [1.54, 1.807) is 30.5 Å². The summed E-state index contributed by atoms with van der Waals surface area (Å²) < 4.78 is 0. The number of hydrogen-bond acceptors (Lipinski definition) is 3. The van der Waals surface area contributed by atoms with Gasteiger partial charge >= 0.3 is 6.03 Å². The number of imide groups is 1. The lowest BCUT2D eigenvalue weighted by Gasteiger charge is -2.04. The molecule has 0 spiro atoms. The van der Waals surface area contributed by atoms with Crippen LogP contribution in [0.3, 0.4) is 0 Å². The van der Waals surface area contributed by atoms with Crippen molar-refractivity contribution in [3.63, 3.8) is 0 Å². The number of urea groups is 1. The fourth-order valence-corrected chi connectivity index (χ4v) is 1.02. The first-order valence-corrected chi connectivity index (χ1v) is 5.16. The Morgan fingerprint density at radius 2 is 1.86 bits per heavy atom. The molecule has 0 unspecified atom stereocenters. The summed E-state index contributed by atoms with van der Waals surface area (Å²) in [6, 6.07) is 8.40.